The van der Waals surface area contributed by atoms with Crippen LogP contribution in [0.25, 0.3) is 0 Å². The van der Waals surface area contributed by atoms with E-state index in [2.05, 4.69) is 24.1 Å². The molecular weight excluding hydrogens is 140 g/mol. The molecule has 0 N–H and O–H groups in total. The lowest BCUT2D eigenvalue weighted by atomic mass is 10.2. The third-order valence-corrected chi connectivity index (χ3v) is 1.29. The van der Waals surface area contributed by atoms with Crippen LogP contribution in [0.4, 0.5) is 0 Å². The number of nitrogens with zero attached hydrogens (tertiary/aromatic N) is 2. The normalized spacial score (nSPS) is 14.6. The number of azo groups is 1. The van der Waals surface area contributed by atoms with Gasteiger partial charge in [0.05, 0.1) is 19.2 Å². The van der Waals surface area contributed by atoms with Gasteiger partial charge in [-0.15, -0.1) is 0 Å². The molecular formula is C8H18N2O. The zero-order valence-electron chi connectivity index (χ0n) is 7.87. The Labute approximate surface area is 68.9 Å². The highest BCUT2D eigenvalue weighted by Gasteiger charge is 1.95. The minimum atomic E-state index is 0.186. The first-order chi connectivity index (χ1) is 5.16. The minimum absolute atomic E-state index is 0.186. The molecule has 1 unspecified atom stereocenters. The Morgan fingerprint density at radius 2 is 1.64 bits per heavy atom. The summed E-state index contributed by atoms with van der Waals surface area (Å²) in [7, 11) is 1.68. The van der Waals surface area contributed by atoms with Gasteiger partial charge in [-0.25, -0.2) is 0 Å². The van der Waals surface area contributed by atoms with Gasteiger partial charge in [0.25, 0.3) is 0 Å². The lowest BCUT2D eigenvalue weighted by molar-refractivity contribution is 0.124. The van der Waals surface area contributed by atoms with Crippen molar-refractivity contribution in [1.29, 1.82) is 0 Å². The van der Waals surface area contributed by atoms with Crippen LogP contribution in [0, 0.1) is 5.92 Å². The van der Waals surface area contributed by atoms with E-state index in [0.717, 1.165) is 6.54 Å². The second kappa shape index (κ2) is 6.28. The molecule has 1 atom stereocenters. The van der Waals surface area contributed by atoms with E-state index in [1.54, 1.807) is 7.11 Å². The number of methoxy groups -OCH3 is 1. The molecule has 0 rings (SSSR count). The van der Waals surface area contributed by atoms with Crippen LogP contribution >= 0.6 is 0 Å². The second-order valence-corrected chi connectivity index (χ2v) is 3.09. The number of rotatable bonds is 5. The summed E-state index contributed by atoms with van der Waals surface area (Å²) >= 11 is 0. The Balaban J connectivity index is 3.29. The summed E-state index contributed by atoms with van der Waals surface area (Å²) in [5, 5.41) is 7.99. The maximum absolute atomic E-state index is 5.00. The zero-order chi connectivity index (χ0) is 8.69. The largest absolute Gasteiger partial charge is 0.380 e. The predicted molar refractivity (Wildman–Crippen MR) is 45.9 cm³/mol. The van der Waals surface area contributed by atoms with Crippen LogP contribution in [0.3, 0.4) is 0 Å². The molecule has 0 bridgehead atoms. The van der Waals surface area contributed by atoms with E-state index in [1.165, 1.54) is 0 Å². The summed E-state index contributed by atoms with van der Waals surface area (Å²) in [6.45, 7) is 7.71. The zero-order valence-corrected chi connectivity index (χ0v) is 7.87. The Morgan fingerprint density at radius 3 is 2.09 bits per heavy atom. The first-order valence-electron chi connectivity index (χ1n) is 4.02. The molecule has 0 spiro atoms. The van der Waals surface area contributed by atoms with E-state index >= 15 is 0 Å². The van der Waals surface area contributed by atoms with Crippen molar-refractivity contribution in [3.8, 4) is 0 Å². The highest BCUT2D eigenvalue weighted by Crippen LogP contribution is 1.94. The molecule has 0 saturated heterocycles. The fraction of sp³-hybridized carbons (Fsp3) is 1.00. The average Bonchev–Trinajstić information content (AvgIpc) is 1.97. The minimum Gasteiger partial charge on any atom is -0.380 e. The molecule has 0 aromatic rings. The lowest BCUT2D eigenvalue weighted by Gasteiger charge is -2.03. The average molecular weight is 158 g/mol. The molecule has 0 radical (unpaired) electrons. The molecule has 0 aliphatic rings. The molecule has 3 nitrogen and oxygen atoms in total. The van der Waals surface area contributed by atoms with Gasteiger partial charge in [-0.3, -0.25) is 0 Å². The van der Waals surface area contributed by atoms with Crippen molar-refractivity contribution < 1.29 is 4.74 Å². The topological polar surface area (TPSA) is 34.0 Å². The van der Waals surface area contributed by atoms with Crippen molar-refractivity contribution in [3.05, 3.63) is 0 Å². The standard InChI is InChI=1S/C8H18N2O/c1-7(2)5-9-10-6-8(3)11-4/h7-8H,5-6H2,1-4H3. The van der Waals surface area contributed by atoms with Gasteiger partial charge in [-0.2, -0.15) is 10.2 Å². The summed E-state index contributed by atoms with van der Waals surface area (Å²) in [5.74, 6) is 0.594. The molecule has 0 aliphatic heterocycles. The highest BCUT2D eigenvalue weighted by atomic mass is 16.5. The van der Waals surface area contributed by atoms with E-state index in [0.29, 0.717) is 12.5 Å². The first kappa shape index (κ1) is 10.6. The van der Waals surface area contributed by atoms with Gasteiger partial charge in [0.2, 0.25) is 0 Å². The van der Waals surface area contributed by atoms with Crippen LogP contribution in [0.2, 0.25) is 0 Å². The van der Waals surface area contributed by atoms with E-state index in [1.807, 2.05) is 6.92 Å². The molecule has 0 saturated carbocycles. The van der Waals surface area contributed by atoms with Crippen LogP contribution in [-0.2, 0) is 4.74 Å². The molecule has 0 aliphatic carbocycles. The third-order valence-electron chi connectivity index (χ3n) is 1.29. The van der Waals surface area contributed by atoms with Crippen molar-refractivity contribution in [1.82, 2.24) is 0 Å². The first-order valence-corrected chi connectivity index (χ1v) is 4.02. The van der Waals surface area contributed by atoms with Crippen LogP contribution in [0.1, 0.15) is 20.8 Å². The van der Waals surface area contributed by atoms with Crippen molar-refractivity contribution in [2.24, 2.45) is 16.1 Å². The Morgan fingerprint density at radius 1 is 1.09 bits per heavy atom. The molecule has 0 aromatic heterocycles. The number of ether oxygens (including phenoxy) is 1. The van der Waals surface area contributed by atoms with Gasteiger partial charge >= 0.3 is 0 Å². The van der Waals surface area contributed by atoms with Crippen molar-refractivity contribution in [2.75, 3.05) is 20.2 Å². The van der Waals surface area contributed by atoms with Crippen LogP contribution in [-0.4, -0.2) is 26.3 Å². The highest BCUT2D eigenvalue weighted by molar-refractivity contribution is 4.51. The Bertz CT molecular complexity index is 113. The van der Waals surface area contributed by atoms with Crippen LogP contribution in [0.5, 0.6) is 0 Å². The van der Waals surface area contributed by atoms with Crippen molar-refractivity contribution in [2.45, 2.75) is 26.9 Å². The van der Waals surface area contributed by atoms with E-state index < -0.39 is 0 Å². The Kier molecular flexibility index (Phi) is 6.03. The maximum Gasteiger partial charge on any atom is 0.0858 e. The van der Waals surface area contributed by atoms with Gasteiger partial charge in [-0.1, -0.05) is 13.8 Å². The van der Waals surface area contributed by atoms with Crippen molar-refractivity contribution >= 4 is 0 Å². The molecule has 66 valence electrons. The van der Waals surface area contributed by atoms with Gasteiger partial charge in [0.15, 0.2) is 0 Å². The van der Waals surface area contributed by atoms with Crippen LogP contribution < -0.4 is 0 Å². The molecule has 3 heteroatoms. The fourth-order valence-electron chi connectivity index (χ4n) is 0.468. The van der Waals surface area contributed by atoms with Gasteiger partial charge in [-0.05, 0) is 12.8 Å². The SMILES string of the molecule is COC(C)CN=NCC(C)C. The summed E-state index contributed by atoms with van der Waals surface area (Å²) in [5.41, 5.74) is 0. The van der Waals surface area contributed by atoms with Gasteiger partial charge in [0, 0.05) is 7.11 Å². The summed E-state index contributed by atoms with van der Waals surface area (Å²) in [6.07, 6.45) is 0.186. The number of hydrogen-bond acceptors (Lipinski definition) is 3. The van der Waals surface area contributed by atoms with Gasteiger partial charge in [0.1, 0.15) is 0 Å². The lowest BCUT2D eigenvalue weighted by Crippen LogP contribution is -2.08. The molecule has 0 amide bonds. The predicted octanol–water partition coefficient (Wildman–Crippen LogP) is 2.13. The van der Waals surface area contributed by atoms with E-state index in [9.17, 15) is 0 Å². The Hall–Kier alpha value is -0.440. The maximum atomic E-state index is 5.00. The smallest absolute Gasteiger partial charge is 0.0858 e. The summed E-state index contributed by atoms with van der Waals surface area (Å²) in [4.78, 5) is 0. The van der Waals surface area contributed by atoms with E-state index in [-0.39, 0.29) is 6.10 Å². The molecule has 0 heterocycles. The molecule has 11 heavy (non-hydrogen) atoms. The molecule has 0 aromatic carbocycles. The molecule has 0 fully saturated rings. The number of hydrogen-bond donors (Lipinski definition) is 0. The summed E-state index contributed by atoms with van der Waals surface area (Å²) < 4.78 is 5.00. The second-order valence-electron chi connectivity index (χ2n) is 3.09. The monoisotopic (exact) mass is 158 g/mol. The fourth-order valence-corrected chi connectivity index (χ4v) is 0.468. The van der Waals surface area contributed by atoms with Crippen LogP contribution in [0.15, 0.2) is 10.2 Å². The van der Waals surface area contributed by atoms with Crippen molar-refractivity contribution in [3.63, 3.8) is 0 Å². The van der Waals surface area contributed by atoms with E-state index in [4.69, 9.17) is 4.74 Å². The third kappa shape index (κ3) is 7.46. The quantitative estimate of drug-likeness (QED) is 0.564. The summed E-state index contributed by atoms with van der Waals surface area (Å²) in [6, 6.07) is 0. The van der Waals surface area contributed by atoms with Gasteiger partial charge < -0.3 is 4.74 Å².